The molecule has 4 rings (SSSR count). The second-order valence-electron chi connectivity index (χ2n) is 5.61. The summed E-state index contributed by atoms with van der Waals surface area (Å²) in [5.74, 6) is 0.361. The van der Waals surface area contributed by atoms with E-state index in [4.69, 9.17) is 0 Å². The van der Waals surface area contributed by atoms with Crippen molar-refractivity contribution in [2.24, 2.45) is 0 Å². The van der Waals surface area contributed by atoms with Crippen LogP contribution in [0, 0.1) is 0 Å². The molecule has 0 bridgehead atoms. The largest absolute Gasteiger partial charge is 0.508 e. The number of fused-ring (bicyclic) bond motifs is 3. The first-order valence-electron chi connectivity index (χ1n) is 7.49. The van der Waals surface area contributed by atoms with Crippen molar-refractivity contribution in [3.63, 3.8) is 0 Å². The smallest absolute Gasteiger partial charge is 0.119 e. The molecular formula is C21H16O. The zero-order valence-corrected chi connectivity index (χ0v) is 12.2. The first kappa shape index (κ1) is 12.9. The molecule has 0 heterocycles. The zero-order valence-electron chi connectivity index (χ0n) is 12.2. The summed E-state index contributed by atoms with van der Waals surface area (Å²) in [4.78, 5) is 0. The molecule has 0 unspecified atom stereocenters. The van der Waals surface area contributed by atoms with E-state index in [-0.39, 0.29) is 0 Å². The minimum atomic E-state index is 0.361. The molecule has 1 heteroatoms. The summed E-state index contributed by atoms with van der Waals surface area (Å²) in [5.41, 5.74) is 2.21. The standard InChI is InChI=1S/C21H16O/c22-21-12-6-2-8-16(21)14-17-13-15-7-1-3-9-18(15)20-11-5-4-10-19(17)20/h1-13,22H,14H2. The lowest BCUT2D eigenvalue weighted by Crippen LogP contribution is -1.91. The van der Waals surface area contributed by atoms with Crippen LogP contribution in [0.5, 0.6) is 5.75 Å². The number of phenols is 1. The summed E-state index contributed by atoms with van der Waals surface area (Å²) in [7, 11) is 0. The fourth-order valence-corrected chi connectivity index (χ4v) is 3.14. The molecule has 0 aliphatic carbocycles. The molecule has 0 fully saturated rings. The van der Waals surface area contributed by atoms with Gasteiger partial charge in [0.2, 0.25) is 0 Å². The Morgan fingerprint density at radius 3 is 2.05 bits per heavy atom. The van der Waals surface area contributed by atoms with Crippen molar-refractivity contribution in [1.82, 2.24) is 0 Å². The number of para-hydroxylation sites is 1. The number of hydrogen-bond donors (Lipinski definition) is 1. The van der Waals surface area contributed by atoms with E-state index in [1.165, 1.54) is 27.1 Å². The third-order valence-corrected chi connectivity index (χ3v) is 4.23. The van der Waals surface area contributed by atoms with E-state index in [1.54, 1.807) is 6.07 Å². The molecule has 22 heavy (non-hydrogen) atoms. The summed E-state index contributed by atoms with van der Waals surface area (Å²) in [6.45, 7) is 0. The van der Waals surface area contributed by atoms with Crippen molar-refractivity contribution in [2.75, 3.05) is 0 Å². The molecule has 0 spiro atoms. The Morgan fingerprint density at radius 1 is 0.591 bits per heavy atom. The Kier molecular flexibility index (Phi) is 3.05. The van der Waals surface area contributed by atoms with Crippen LogP contribution >= 0.6 is 0 Å². The van der Waals surface area contributed by atoms with Gasteiger partial charge >= 0.3 is 0 Å². The fourth-order valence-electron chi connectivity index (χ4n) is 3.14. The van der Waals surface area contributed by atoms with Crippen molar-refractivity contribution < 1.29 is 5.11 Å². The van der Waals surface area contributed by atoms with Crippen LogP contribution in [-0.2, 0) is 6.42 Å². The first-order valence-corrected chi connectivity index (χ1v) is 7.49. The van der Waals surface area contributed by atoms with E-state index >= 15 is 0 Å². The van der Waals surface area contributed by atoms with Gasteiger partial charge in [0.25, 0.3) is 0 Å². The van der Waals surface area contributed by atoms with Gasteiger partial charge in [-0.05, 0) is 38.7 Å². The molecule has 0 aliphatic heterocycles. The fraction of sp³-hybridized carbons (Fsp3) is 0.0476. The molecule has 1 N–H and O–H groups in total. The van der Waals surface area contributed by atoms with Crippen molar-refractivity contribution in [3.8, 4) is 5.75 Å². The third-order valence-electron chi connectivity index (χ3n) is 4.23. The van der Waals surface area contributed by atoms with E-state index in [2.05, 4.69) is 54.6 Å². The van der Waals surface area contributed by atoms with Gasteiger partial charge in [-0.2, -0.15) is 0 Å². The highest BCUT2D eigenvalue weighted by molar-refractivity contribution is 6.09. The normalized spacial score (nSPS) is 11.1. The predicted molar refractivity (Wildman–Crippen MR) is 92.4 cm³/mol. The minimum Gasteiger partial charge on any atom is -0.508 e. The molecule has 0 radical (unpaired) electrons. The average Bonchev–Trinajstić information content (AvgIpc) is 2.57. The molecule has 0 saturated heterocycles. The van der Waals surface area contributed by atoms with Gasteiger partial charge in [0.15, 0.2) is 0 Å². The van der Waals surface area contributed by atoms with E-state index in [0.29, 0.717) is 5.75 Å². The van der Waals surface area contributed by atoms with E-state index in [9.17, 15) is 5.11 Å². The van der Waals surface area contributed by atoms with Crippen LogP contribution in [0.1, 0.15) is 11.1 Å². The zero-order chi connectivity index (χ0) is 14.9. The van der Waals surface area contributed by atoms with Crippen LogP contribution in [-0.4, -0.2) is 5.11 Å². The van der Waals surface area contributed by atoms with E-state index in [0.717, 1.165) is 12.0 Å². The van der Waals surface area contributed by atoms with Gasteiger partial charge in [-0.15, -0.1) is 0 Å². The monoisotopic (exact) mass is 284 g/mol. The van der Waals surface area contributed by atoms with Crippen LogP contribution in [0.3, 0.4) is 0 Å². The third kappa shape index (κ3) is 2.11. The molecule has 0 aliphatic rings. The Hall–Kier alpha value is -2.80. The van der Waals surface area contributed by atoms with Crippen LogP contribution in [0.25, 0.3) is 21.5 Å². The van der Waals surface area contributed by atoms with Gasteiger partial charge in [0, 0.05) is 6.42 Å². The maximum atomic E-state index is 10.1. The maximum absolute atomic E-state index is 10.1. The second kappa shape index (κ2) is 5.19. The van der Waals surface area contributed by atoms with Crippen LogP contribution in [0.15, 0.2) is 78.9 Å². The highest BCUT2D eigenvalue weighted by atomic mass is 16.3. The van der Waals surface area contributed by atoms with Crippen molar-refractivity contribution in [2.45, 2.75) is 6.42 Å². The van der Waals surface area contributed by atoms with Gasteiger partial charge in [0.1, 0.15) is 5.75 Å². The highest BCUT2D eigenvalue weighted by Crippen LogP contribution is 2.31. The Labute approximate surface area is 129 Å². The Bertz CT molecular complexity index is 970. The molecular weight excluding hydrogens is 268 g/mol. The molecule has 0 saturated carbocycles. The minimum absolute atomic E-state index is 0.361. The average molecular weight is 284 g/mol. The molecule has 0 aromatic heterocycles. The van der Waals surface area contributed by atoms with Gasteiger partial charge in [0.05, 0.1) is 0 Å². The number of hydrogen-bond acceptors (Lipinski definition) is 1. The summed E-state index contributed by atoms with van der Waals surface area (Å²) < 4.78 is 0. The lowest BCUT2D eigenvalue weighted by atomic mass is 9.93. The Morgan fingerprint density at radius 2 is 1.23 bits per heavy atom. The van der Waals surface area contributed by atoms with Crippen molar-refractivity contribution in [3.05, 3.63) is 90.0 Å². The van der Waals surface area contributed by atoms with Crippen molar-refractivity contribution >= 4 is 21.5 Å². The first-order chi connectivity index (χ1) is 10.8. The number of phenolic OH excluding ortho intramolecular Hbond substituents is 1. The van der Waals surface area contributed by atoms with Crippen LogP contribution in [0.2, 0.25) is 0 Å². The predicted octanol–water partition coefficient (Wildman–Crippen LogP) is 5.29. The molecule has 0 amide bonds. The quantitative estimate of drug-likeness (QED) is 0.496. The van der Waals surface area contributed by atoms with E-state index < -0.39 is 0 Å². The molecule has 1 nitrogen and oxygen atoms in total. The van der Waals surface area contributed by atoms with Crippen LogP contribution < -0.4 is 0 Å². The number of aromatic hydroxyl groups is 1. The van der Waals surface area contributed by atoms with Crippen molar-refractivity contribution in [1.29, 1.82) is 0 Å². The van der Waals surface area contributed by atoms with Gasteiger partial charge in [-0.1, -0.05) is 72.8 Å². The lowest BCUT2D eigenvalue weighted by molar-refractivity contribution is 0.469. The van der Waals surface area contributed by atoms with Gasteiger partial charge in [-0.25, -0.2) is 0 Å². The molecule has 4 aromatic rings. The summed E-state index contributed by atoms with van der Waals surface area (Å²) in [6.07, 6.45) is 0.734. The van der Waals surface area contributed by atoms with Gasteiger partial charge < -0.3 is 5.11 Å². The highest BCUT2D eigenvalue weighted by Gasteiger charge is 2.08. The molecule has 4 aromatic carbocycles. The second-order valence-corrected chi connectivity index (χ2v) is 5.61. The van der Waals surface area contributed by atoms with Crippen LogP contribution in [0.4, 0.5) is 0 Å². The maximum Gasteiger partial charge on any atom is 0.119 e. The summed E-state index contributed by atoms with van der Waals surface area (Å²) in [6, 6.07) is 26.8. The topological polar surface area (TPSA) is 20.2 Å². The molecule has 0 atom stereocenters. The van der Waals surface area contributed by atoms with Gasteiger partial charge in [-0.3, -0.25) is 0 Å². The summed E-state index contributed by atoms with van der Waals surface area (Å²) >= 11 is 0. The lowest BCUT2D eigenvalue weighted by Gasteiger charge is -2.11. The molecule has 106 valence electrons. The Balaban J connectivity index is 1.98. The van der Waals surface area contributed by atoms with E-state index in [1.807, 2.05) is 18.2 Å². The number of rotatable bonds is 2. The number of benzene rings is 4. The SMILES string of the molecule is Oc1ccccc1Cc1cc2ccccc2c2ccccc12. The summed E-state index contributed by atoms with van der Waals surface area (Å²) in [5, 5.41) is 15.1.